The standard InChI is InChI=1S/C20H23N3O2/c1-14(2)12-22(17-7-5-8-18(24)11-17)13-16-10-20(25)23-15(3)6-4-9-19(23)21-16/h4-11,14,24H,12-13H2,1-3H3. The molecule has 2 aromatic heterocycles. The normalized spacial score (nSPS) is 11.2. The van der Waals surface area contributed by atoms with Crippen LogP contribution in [-0.2, 0) is 6.54 Å². The Morgan fingerprint density at radius 2 is 1.92 bits per heavy atom. The molecule has 0 radical (unpaired) electrons. The molecule has 130 valence electrons. The van der Waals surface area contributed by atoms with Gasteiger partial charge in [0.05, 0.1) is 12.2 Å². The van der Waals surface area contributed by atoms with Gasteiger partial charge in [-0.05, 0) is 37.1 Å². The molecule has 0 amide bonds. The minimum atomic E-state index is -0.0708. The van der Waals surface area contributed by atoms with Crippen LogP contribution in [0.15, 0.2) is 53.3 Å². The second-order valence-corrected chi connectivity index (χ2v) is 6.74. The SMILES string of the molecule is Cc1cccc2nc(CN(CC(C)C)c3cccc(O)c3)cc(=O)n12. The lowest BCUT2D eigenvalue weighted by atomic mass is 10.1. The number of pyridine rings is 1. The fourth-order valence-corrected chi connectivity index (χ4v) is 3.03. The summed E-state index contributed by atoms with van der Waals surface area (Å²) in [5.41, 5.74) is 3.09. The Labute approximate surface area is 147 Å². The second kappa shape index (κ2) is 6.97. The van der Waals surface area contributed by atoms with E-state index in [1.807, 2.05) is 37.3 Å². The van der Waals surface area contributed by atoms with Crippen molar-refractivity contribution in [2.45, 2.75) is 27.3 Å². The second-order valence-electron chi connectivity index (χ2n) is 6.74. The van der Waals surface area contributed by atoms with E-state index in [9.17, 15) is 9.90 Å². The maximum absolute atomic E-state index is 12.5. The number of benzene rings is 1. The van der Waals surface area contributed by atoms with Gasteiger partial charge < -0.3 is 10.0 Å². The van der Waals surface area contributed by atoms with E-state index in [0.717, 1.165) is 23.6 Å². The third-order valence-corrected chi connectivity index (χ3v) is 4.07. The number of aromatic nitrogens is 2. The van der Waals surface area contributed by atoms with E-state index in [-0.39, 0.29) is 11.3 Å². The van der Waals surface area contributed by atoms with Crippen molar-refractivity contribution in [3.05, 3.63) is 70.3 Å². The molecule has 0 spiro atoms. The van der Waals surface area contributed by atoms with Crippen molar-refractivity contribution in [1.82, 2.24) is 9.38 Å². The molecule has 2 heterocycles. The van der Waals surface area contributed by atoms with Crippen molar-refractivity contribution >= 4 is 11.3 Å². The van der Waals surface area contributed by atoms with Crippen LogP contribution in [0.2, 0.25) is 0 Å². The minimum absolute atomic E-state index is 0.0708. The molecule has 0 bridgehead atoms. The van der Waals surface area contributed by atoms with Crippen LogP contribution in [-0.4, -0.2) is 21.0 Å². The molecule has 0 fully saturated rings. The molecule has 5 nitrogen and oxygen atoms in total. The van der Waals surface area contributed by atoms with Gasteiger partial charge in [-0.3, -0.25) is 9.20 Å². The van der Waals surface area contributed by atoms with E-state index >= 15 is 0 Å². The first-order valence-corrected chi connectivity index (χ1v) is 8.46. The molecular formula is C20H23N3O2. The summed E-state index contributed by atoms with van der Waals surface area (Å²) in [5, 5.41) is 9.78. The van der Waals surface area contributed by atoms with E-state index in [2.05, 4.69) is 23.7 Å². The molecule has 25 heavy (non-hydrogen) atoms. The Hall–Kier alpha value is -2.82. The zero-order valence-electron chi connectivity index (χ0n) is 14.8. The molecule has 3 rings (SSSR count). The Balaban J connectivity index is 1.99. The van der Waals surface area contributed by atoms with Gasteiger partial charge in [0, 0.05) is 30.1 Å². The maximum Gasteiger partial charge on any atom is 0.258 e. The molecule has 0 aliphatic carbocycles. The van der Waals surface area contributed by atoms with Crippen molar-refractivity contribution in [2.75, 3.05) is 11.4 Å². The molecule has 0 unspecified atom stereocenters. The van der Waals surface area contributed by atoms with Crippen molar-refractivity contribution in [3.63, 3.8) is 0 Å². The summed E-state index contributed by atoms with van der Waals surface area (Å²) in [6.07, 6.45) is 0. The van der Waals surface area contributed by atoms with E-state index in [4.69, 9.17) is 0 Å². The molecule has 1 N–H and O–H groups in total. The van der Waals surface area contributed by atoms with Crippen molar-refractivity contribution in [1.29, 1.82) is 0 Å². The first-order valence-electron chi connectivity index (χ1n) is 8.46. The fourth-order valence-electron chi connectivity index (χ4n) is 3.03. The molecule has 0 aliphatic heterocycles. The molecule has 0 saturated heterocycles. The highest BCUT2D eigenvalue weighted by atomic mass is 16.3. The molecule has 3 aromatic rings. The largest absolute Gasteiger partial charge is 0.508 e. The number of aromatic hydroxyl groups is 1. The molecule has 5 heteroatoms. The predicted octanol–water partition coefficient (Wildman–Crippen LogP) is 3.37. The van der Waals surface area contributed by atoms with Gasteiger partial charge >= 0.3 is 0 Å². The zero-order valence-corrected chi connectivity index (χ0v) is 14.8. The van der Waals surface area contributed by atoms with Crippen LogP contribution in [0, 0.1) is 12.8 Å². The van der Waals surface area contributed by atoms with Gasteiger partial charge in [-0.2, -0.15) is 0 Å². The summed E-state index contributed by atoms with van der Waals surface area (Å²) >= 11 is 0. The van der Waals surface area contributed by atoms with Gasteiger partial charge in [-0.25, -0.2) is 4.98 Å². The molecule has 0 aliphatic rings. The Bertz CT molecular complexity index is 947. The van der Waals surface area contributed by atoms with Gasteiger partial charge in [0.15, 0.2) is 0 Å². The van der Waals surface area contributed by atoms with Crippen LogP contribution in [0.25, 0.3) is 5.65 Å². The fraction of sp³-hybridized carbons (Fsp3) is 0.300. The zero-order chi connectivity index (χ0) is 18.0. The third kappa shape index (κ3) is 3.82. The van der Waals surface area contributed by atoms with Crippen LogP contribution in [0.4, 0.5) is 5.69 Å². The van der Waals surface area contributed by atoms with Crippen molar-refractivity contribution in [3.8, 4) is 5.75 Å². The number of aryl methyl sites for hydroxylation is 1. The lowest BCUT2D eigenvalue weighted by Crippen LogP contribution is -2.29. The van der Waals surface area contributed by atoms with Crippen molar-refractivity contribution < 1.29 is 5.11 Å². The van der Waals surface area contributed by atoms with Gasteiger partial charge in [0.25, 0.3) is 5.56 Å². The van der Waals surface area contributed by atoms with Crippen LogP contribution in [0.3, 0.4) is 0 Å². The predicted molar refractivity (Wildman–Crippen MR) is 100 cm³/mol. The topological polar surface area (TPSA) is 57.8 Å². The Kier molecular flexibility index (Phi) is 4.74. The van der Waals surface area contributed by atoms with Gasteiger partial charge in [0.2, 0.25) is 0 Å². The summed E-state index contributed by atoms with van der Waals surface area (Å²) in [5.74, 6) is 0.666. The minimum Gasteiger partial charge on any atom is -0.508 e. The lowest BCUT2D eigenvalue weighted by molar-refractivity contribution is 0.475. The average molecular weight is 337 g/mol. The lowest BCUT2D eigenvalue weighted by Gasteiger charge is -2.26. The molecule has 0 atom stereocenters. The Morgan fingerprint density at radius 1 is 1.16 bits per heavy atom. The number of phenols is 1. The molecule has 0 saturated carbocycles. The Morgan fingerprint density at radius 3 is 2.64 bits per heavy atom. The molecule has 1 aromatic carbocycles. The van der Waals surface area contributed by atoms with E-state index < -0.39 is 0 Å². The smallest absolute Gasteiger partial charge is 0.258 e. The number of hydrogen-bond donors (Lipinski definition) is 1. The van der Waals surface area contributed by atoms with Crippen LogP contribution in [0.5, 0.6) is 5.75 Å². The first kappa shape index (κ1) is 17.0. The number of rotatable bonds is 5. The summed E-state index contributed by atoms with van der Waals surface area (Å²) in [6, 6.07) is 14.4. The number of nitrogens with zero attached hydrogens (tertiary/aromatic N) is 3. The highest BCUT2D eigenvalue weighted by Gasteiger charge is 2.13. The first-order chi connectivity index (χ1) is 11.9. The van der Waals surface area contributed by atoms with Gasteiger partial charge in [0.1, 0.15) is 11.4 Å². The van der Waals surface area contributed by atoms with Crippen molar-refractivity contribution in [2.24, 2.45) is 5.92 Å². The van der Waals surface area contributed by atoms with Crippen LogP contribution in [0.1, 0.15) is 25.2 Å². The quantitative estimate of drug-likeness (QED) is 0.775. The maximum atomic E-state index is 12.5. The number of hydrogen-bond acceptors (Lipinski definition) is 4. The average Bonchev–Trinajstić information content (AvgIpc) is 2.53. The van der Waals surface area contributed by atoms with E-state index in [1.54, 1.807) is 22.6 Å². The summed E-state index contributed by atoms with van der Waals surface area (Å²) in [4.78, 5) is 19.3. The third-order valence-electron chi connectivity index (χ3n) is 4.07. The monoisotopic (exact) mass is 337 g/mol. The summed E-state index contributed by atoms with van der Waals surface area (Å²) < 4.78 is 1.62. The van der Waals surface area contributed by atoms with E-state index in [0.29, 0.717) is 18.1 Å². The van der Waals surface area contributed by atoms with Gasteiger partial charge in [-0.1, -0.05) is 26.0 Å². The highest BCUT2D eigenvalue weighted by molar-refractivity contribution is 5.51. The highest BCUT2D eigenvalue weighted by Crippen LogP contribution is 2.22. The number of fused-ring (bicyclic) bond motifs is 1. The number of phenolic OH excluding ortho intramolecular Hbond substituents is 1. The number of anilines is 1. The van der Waals surface area contributed by atoms with Gasteiger partial charge in [-0.15, -0.1) is 0 Å². The summed E-state index contributed by atoms with van der Waals surface area (Å²) in [6.45, 7) is 7.50. The van der Waals surface area contributed by atoms with Crippen LogP contribution < -0.4 is 10.5 Å². The van der Waals surface area contributed by atoms with E-state index in [1.165, 1.54) is 0 Å². The van der Waals surface area contributed by atoms with Crippen LogP contribution >= 0.6 is 0 Å². The summed E-state index contributed by atoms with van der Waals surface area (Å²) in [7, 11) is 0. The molecular weight excluding hydrogens is 314 g/mol.